The van der Waals surface area contributed by atoms with Gasteiger partial charge < -0.3 is 4.74 Å². The quantitative estimate of drug-likeness (QED) is 0.730. The maximum absolute atomic E-state index is 11.8. The molecule has 1 aromatic rings. The number of nitrogens with zero attached hydrogens (tertiary/aromatic N) is 1. The molecule has 17 heavy (non-hydrogen) atoms. The van der Waals surface area contributed by atoms with Gasteiger partial charge in [0.2, 0.25) is 0 Å². The van der Waals surface area contributed by atoms with Gasteiger partial charge in [-0.15, -0.1) is 6.58 Å². The van der Waals surface area contributed by atoms with Gasteiger partial charge in [-0.3, -0.25) is 4.31 Å². The summed E-state index contributed by atoms with van der Waals surface area (Å²) in [6, 6.07) is 6.74. The summed E-state index contributed by atoms with van der Waals surface area (Å²) in [4.78, 5) is 0. The molecule has 4 nitrogen and oxygen atoms in total. The number of hydrogen-bond acceptors (Lipinski definition) is 3. The summed E-state index contributed by atoms with van der Waals surface area (Å²) >= 11 is 0. The van der Waals surface area contributed by atoms with Crippen LogP contribution in [0.15, 0.2) is 48.9 Å². The summed E-state index contributed by atoms with van der Waals surface area (Å²) < 4.78 is 29.8. The van der Waals surface area contributed by atoms with Crippen molar-refractivity contribution in [3.05, 3.63) is 48.9 Å². The average molecular weight is 253 g/mol. The molecule has 0 atom stereocenters. The maximum Gasteiger partial charge on any atom is 0.257 e. The van der Waals surface area contributed by atoms with Crippen LogP contribution in [0.5, 0.6) is 5.75 Å². The zero-order valence-corrected chi connectivity index (χ0v) is 10.5. The fraction of sp³-hybridized carbons (Fsp3) is 0.167. The van der Waals surface area contributed by atoms with E-state index in [9.17, 15) is 8.42 Å². The maximum atomic E-state index is 11.8. The van der Waals surface area contributed by atoms with Gasteiger partial charge in [0, 0.05) is 5.41 Å². The van der Waals surface area contributed by atoms with E-state index in [1.807, 2.05) is 0 Å². The van der Waals surface area contributed by atoms with Gasteiger partial charge in [0.05, 0.1) is 19.3 Å². The Morgan fingerprint density at radius 3 is 2.29 bits per heavy atom. The Hall–Kier alpha value is -1.75. The van der Waals surface area contributed by atoms with E-state index >= 15 is 0 Å². The molecule has 0 amide bonds. The topological polar surface area (TPSA) is 46.6 Å². The van der Waals surface area contributed by atoms with Crippen molar-refractivity contribution in [3.63, 3.8) is 0 Å². The van der Waals surface area contributed by atoms with Crippen LogP contribution in [0, 0.1) is 0 Å². The Kier molecular flexibility index (Phi) is 4.34. The lowest BCUT2D eigenvalue weighted by molar-refractivity contribution is 0.415. The van der Waals surface area contributed by atoms with Crippen LogP contribution >= 0.6 is 0 Å². The number of anilines is 1. The zero-order valence-electron chi connectivity index (χ0n) is 9.67. The Bertz CT molecular complexity index is 491. The van der Waals surface area contributed by atoms with Crippen LogP contribution in [0.2, 0.25) is 0 Å². The SMILES string of the molecule is C=CCN(c1ccc(OC)cc1)S(=O)(=O)C=C. The number of hydrogen-bond donors (Lipinski definition) is 0. The van der Waals surface area contributed by atoms with E-state index in [0.717, 1.165) is 5.41 Å². The smallest absolute Gasteiger partial charge is 0.257 e. The van der Waals surface area contributed by atoms with E-state index in [0.29, 0.717) is 11.4 Å². The highest BCUT2D eigenvalue weighted by Crippen LogP contribution is 2.22. The first-order chi connectivity index (χ1) is 8.05. The third-order valence-corrected chi connectivity index (χ3v) is 3.57. The molecule has 0 spiro atoms. The Labute approximate surface area is 102 Å². The second-order valence-electron chi connectivity index (χ2n) is 3.23. The second-order valence-corrected chi connectivity index (χ2v) is 5.03. The van der Waals surface area contributed by atoms with Crippen LogP contribution in [0.1, 0.15) is 0 Å². The summed E-state index contributed by atoms with van der Waals surface area (Å²) in [7, 11) is -1.96. The highest BCUT2D eigenvalue weighted by molar-refractivity contribution is 7.95. The van der Waals surface area contributed by atoms with Crippen LogP contribution in [-0.2, 0) is 10.0 Å². The summed E-state index contributed by atoms with van der Waals surface area (Å²) in [5.41, 5.74) is 0.547. The first kappa shape index (κ1) is 13.3. The molecule has 0 heterocycles. The molecule has 0 aliphatic heterocycles. The molecule has 0 aromatic heterocycles. The molecule has 0 unspecified atom stereocenters. The minimum Gasteiger partial charge on any atom is -0.497 e. The predicted molar refractivity (Wildman–Crippen MR) is 69.7 cm³/mol. The van der Waals surface area contributed by atoms with E-state index in [-0.39, 0.29) is 6.54 Å². The van der Waals surface area contributed by atoms with Crippen molar-refractivity contribution in [1.82, 2.24) is 0 Å². The number of ether oxygens (including phenoxy) is 1. The molecule has 92 valence electrons. The van der Waals surface area contributed by atoms with Crippen molar-refractivity contribution in [3.8, 4) is 5.75 Å². The Morgan fingerprint density at radius 2 is 1.88 bits per heavy atom. The van der Waals surface area contributed by atoms with Crippen molar-refractivity contribution in [1.29, 1.82) is 0 Å². The standard InChI is InChI=1S/C12H15NO3S/c1-4-10-13(17(14,15)5-2)11-6-8-12(16-3)9-7-11/h4-9H,1-2,10H2,3H3. The van der Waals surface area contributed by atoms with Gasteiger partial charge in [-0.25, -0.2) is 8.42 Å². The molecule has 5 heteroatoms. The summed E-state index contributed by atoms with van der Waals surface area (Å²) in [6.07, 6.45) is 1.52. The molecule has 0 saturated heterocycles. The lowest BCUT2D eigenvalue weighted by Gasteiger charge is -2.21. The normalized spacial score (nSPS) is 10.6. The summed E-state index contributed by atoms with van der Waals surface area (Å²) in [5.74, 6) is 0.670. The van der Waals surface area contributed by atoms with Crippen LogP contribution in [0.3, 0.4) is 0 Å². The molecule has 0 aliphatic rings. The predicted octanol–water partition coefficient (Wildman–Crippen LogP) is 2.16. The Balaban J connectivity index is 3.14. The number of rotatable bonds is 6. The minimum atomic E-state index is -3.51. The van der Waals surface area contributed by atoms with Gasteiger partial charge in [-0.05, 0) is 24.3 Å². The molecule has 0 radical (unpaired) electrons. The van der Waals surface area contributed by atoms with Crippen molar-refractivity contribution in [2.75, 3.05) is 18.0 Å². The van der Waals surface area contributed by atoms with Crippen LogP contribution in [-0.4, -0.2) is 22.1 Å². The number of benzene rings is 1. The van der Waals surface area contributed by atoms with Gasteiger partial charge in [-0.2, -0.15) is 0 Å². The zero-order chi connectivity index (χ0) is 12.9. The third-order valence-electron chi connectivity index (χ3n) is 2.17. The molecule has 1 aromatic carbocycles. The molecule has 0 N–H and O–H groups in total. The van der Waals surface area contributed by atoms with Gasteiger partial charge >= 0.3 is 0 Å². The summed E-state index contributed by atoms with van der Waals surface area (Å²) in [6.45, 7) is 7.04. The molecule has 0 fully saturated rings. The van der Waals surface area contributed by atoms with Crippen LogP contribution in [0.4, 0.5) is 5.69 Å². The van der Waals surface area contributed by atoms with Crippen molar-refractivity contribution in [2.45, 2.75) is 0 Å². The fourth-order valence-corrected chi connectivity index (χ4v) is 2.22. The first-order valence-electron chi connectivity index (χ1n) is 4.95. The highest BCUT2D eigenvalue weighted by atomic mass is 32.2. The van der Waals surface area contributed by atoms with Crippen LogP contribution in [0.25, 0.3) is 0 Å². The molecule has 1 rings (SSSR count). The average Bonchev–Trinajstić information content (AvgIpc) is 2.36. The molecular formula is C12H15NO3S. The van der Waals surface area contributed by atoms with E-state index in [2.05, 4.69) is 13.2 Å². The van der Waals surface area contributed by atoms with E-state index in [1.165, 1.54) is 10.4 Å². The Morgan fingerprint density at radius 1 is 1.29 bits per heavy atom. The summed E-state index contributed by atoms with van der Waals surface area (Å²) in [5, 5.41) is 0.917. The molecule has 0 saturated carbocycles. The van der Waals surface area contributed by atoms with Gasteiger partial charge in [0.25, 0.3) is 10.0 Å². The van der Waals surface area contributed by atoms with E-state index in [1.54, 1.807) is 31.4 Å². The second kappa shape index (κ2) is 5.54. The van der Waals surface area contributed by atoms with E-state index in [4.69, 9.17) is 4.74 Å². The lowest BCUT2D eigenvalue weighted by atomic mass is 10.3. The van der Waals surface area contributed by atoms with E-state index < -0.39 is 10.0 Å². The number of methoxy groups -OCH3 is 1. The first-order valence-corrected chi connectivity index (χ1v) is 6.45. The lowest BCUT2D eigenvalue weighted by Crippen LogP contribution is -2.29. The third kappa shape index (κ3) is 3.10. The molecule has 0 bridgehead atoms. The number of sulfonamides is 1. The van der Waals surface area contributed by atoms with Gasteiger partial charge in [-0.1, -0.05) is 12.7 Å². The minimum absolute atomic E-state index is 0.195. The van der Waals surface area contributed by atoms with Gasteiger partial charge in [0.1, 0.15) is 5.75 Å². The van der Waals surface area contributed by atoms with Crippen molar-refractivity contribution >= 4 is 15.7 Å². The molecular weight excluding hydrogens is 238 g/mol. The van der Waals surface area contributed by atoms with Crippen molar-refractivity contribution < 1.29 is 13.2 Å². The molecule has 0 aliphatic carbocycles. The van der Waals surface area contributed by atoms with Crippen molar-refractivity contribution in [2.24, 2.45) is 0 Å². The largest absolute Gasteiger partial charge is 0.497 e. The fourth-order valence-electron chi connectivity index (χ4n) is 1.31. The van der Waals surface area contributed by atoms with Gasteiger partial charge in [0.15, 0.2) is 0 Å². The van der Waals surface area contributed by atoms with Crippen LogP contribution < -0.4 is 9.04 Å². The monoisotopic (exact) mass is 253 g/mol. The highest BCUT2D eigenvalue weighted by Gasteiger charge is 2.17.